The van der Waals surface area contributed by atoms with Crippen LogP contribution in [0.1, 0.15) is 52.4 Å². The number of hydrogen-bond acceptors (Lipinski definition) is 3. The number of carbonyl (C=O) groups excluding carboxylic acids is 1. The molecule has 20 heavy (non-hydrogen) atoms. The van der Waals surface area contributed by atoms with Crippen molar-refractivity contribution in [3.05, 3.63) is 0 Å². The van der Waals surface area contributed by atoms with Gasteiger partial charge in [0.15, 0.2) is 0 Å². The van der Waals surface area contributed by atoms with Gasteiger partial charge >= 0.3 is 0 Å². The molecule has 1 N–H and O–H groups in total. The van der Waals surface area contributed by atoms with Crippen LogP contribution in [0.15, 0.2) is 0 Å². The van der Waals surface area contributed by atoms with Gasteiger partial charge in [0, 0.05) is 19.6 Å². The first-order valence-corrected chi connectivity index (χ1v) is 8.20. The zero-order valence-electron chi connectivity index (χ0n) is 13.2. The number of hydrogen-bond donors (Lipinski definition) is 1. The molecule has 1 saturated heterocycles. The highest BCUT2D eigenvalue weighted by Gasteiger charge is 2.35. The lowest BCUT2D eigenvalue weighted by Crippen LogP contribution is -2.55. The molecule has 0 aromatic heterocycles. The van der Waals surface area contributed by atoms with Crippen molar-refractivity contribution in [1.29, 1.82) is 0 Å². The van der Waals surface area contributed by atoms with Crippen molar-refractivity contribution >= 4 is 5.91 Å². The molecule has 2 rings (SSSR count). The largest absolute Gasteiger partial charge is 0.377 e. The molecule has 116 valence electrons. The third-order valence-electron chi connectivity index (χ3n) is 4.70. The van der Waals surface area contributed by atoms with Crippen LogP contribution in [0.5, 0.6) is 0 Å². The minimum absolute atomic E-state index is 0.0263. The fourth-order valence-corrected chi connectivity index (χ4v) is 3.49. The van der Waals surface area contributed by atoms with Crippen molar-refractivity contribution in [3.63, 3.8) is 0 Å². The molecule has 1 saturated carbocycles. The Bertz CT molecular complexity index is 320. The first-order valence-electron chi connectivity index (χ1n) is 8.20. The molecule has 1 aliphatic carbocycles. The van der Waals surface area contributed by atoms with Gasteiger partial charge in [-0.25, -0.2) is 0 Å². The Hall–Kier alpha value is -0.610. The molecule has 4 heteroatoms. The summed E-state index contributed by atoms with van der Waals surface area (Å²) in [4.78, 5) is 14.3. The molecule has 0 aromatic carbocycles. The fourth-order valence-electron chi connectivity index (χ4n) is 3.49. The molecule has 3 unspecified atom stereocenters. The van der Waals surface area contributed by atoms with Gasteiger partial charge in [-0.3, -0.25) is 4.79 Å². The van der Waals surface area contributed by atoms with Gasteiger partial charge in [0.1, 0.15) is 0 Å². The van der Waals surface area contributed by atoms with Crippen LogP contribution in [0.4, 0.5) is 0 Å². The van der Waals surface area contributed by atoms with E-state index in [1.165, 1.54) is 32.1 Å². The Balaban J connectivity index is 1.77. The zero-order valence-corrected chi connectivity index (χ0v) is 13.2. The van der Waals surface area contributed by atoms with Crippen LogP contribution in [0.25, 0.3) is 0 Å². The van der Waals surface area contributed by atoms with E-state index in [2.05, 4.69) is 5.32 Å². The van der Waals surface area contributed by atoms with Crippen molar-refractivity contribution in [2.75, 3.05) is 20.2 Å². The first kappa shape index (κ1) is 15.8. The third-order valence-corrected chi connectivity index (χ3v) is 4.70. The van der Waals surface area contributed by atoms with Crippen molar-refractivity contribution in [2.45, 2.75) is 70.6 Å². The van der Waals surface area contributed by atoms with E-state index in [0.717, 1.165) is 12.3 Å². The normalized spacial score (nSPS) is 30.1. The van der Waals surface area contributed by atoms with Crippen LogP contribution in [0.3, 0.4) is 0 Å². The standard InChI is InChI=1S/C16H30N2O2/c1-12(2)20-11-10-18(3)16(19)15-9-8-13-6-4-5-7-14(13)17-15/h12-15,17H,4-11H2,1-3H3. The van der Waals surface area contributed by atoms with E-state index < -0.39 is 0 Å². The lowest BCUT2D eigenvalue weighted by atomic mass is 9.77. The van der Waals surface area contributed by atoms with Gasteiger partial charge in [0.05, 0.1) is 18.8 Å². The molecular weight excluding hydrogens is 252 g/mol. The van der Waals surface area contributed by atoms with Gasteiger partial charge in [-0.2, -0.15) is 0 Å². The highest BCUT2D eigenvalue weighted by molar-refractivity contribution is 5.81. The predicted octanol–water partition coefficient (Wildman–Crippen LogP) is 2.18. The summed E-state index contributed by atoms with van der Waals surface area (Å²) in [6.45, 7) is 5.35. The van der Waals surface area contributed by atoms with Crippen molar-refractivity contribution < 1.29 is 9.53 Å². The zero-order chi connectivity index (χ0) is 14.5. The molecular formula is C16H30N2O2. The Morgan fingerprint density at radius 1 is 1.25 bits per heavy atom. The van der Waals surface area contributed by atoms with Crippen LogP contribution in [0, 0.1) is 5.92 Å². The van der Waals surface area contributed by atoms with E-state index >= 15 is 0 Å². The van der Waals surface area contributed by atoms with E-state index in [4.69, 9.17) is 4.74 Å². The lowest BCUT2D eigenvalue weighted by molar-refractivity contribution is -0.134. The van der Waals surface area contributed by atoms with Gasteiger partial charge < -0.3 is 15.0 Å². The second kappa shape index (κ2) is 7.41. The van der Waals surface area contributed by atoms with Gasteiger partial charge in [-0.05, 0) is 45.4 Å². The maximum atomic E-state index is 12.5. The molecule has 0 spiro atoms. The number of amides is 1. The molecule has 2 aliphatic rings. The summed E-state index contributed by atoms with van der Waals surface area (Å²) in [6, 6.07) is 0.602. The summed E-state index contributed by atoms with van der Waals surface area (Å²) in [5.74, 6) is 1.05. The summed E-state index contributed by atoms with van der Waals surface area (Å²) in [6.07, 6.45) is 7.71. The van der Waals surface area contributed by atoms with Crippen molar-refractivity contribution in [1.82, 2.24) is 10.2 Å². The number of nitrogens with one attached hydrogen (secondary N) is 1. The lowest BCUT2D eigenvalue weighted by Gasteiger charge is -2.40. The van der Waals surface area contributed by atoms with Crippen LogP contribution >= 0.6 is 0 Å². The number of fused-ring (bicyclic) bond motifs is 1. The number of likely N-dealkylation sites (N-methyl/N-ethyl adjacent to an activating group) is 1. The molecule has 0 aromatic rings. The summed E-state index contributed by atoms with van der Waals surface area (Å²) >= 11 is 0. The number of nitrogens with zero attached hydrogens (tertiary/aromatic N) is 1. The average molecular weight is 282 g/mol. The van der Waals surface area contributed by atoms with Gasteiger partial charge in [0.25, 0.3) is 0 Å². The molecule has 4 nitrogen and oxygen atoms in total. The number of piperidine rings is 1. The first-order chi connectivity index (χ1) is 9.58. The number of rotatable bonds is 5. The third kappa shape index (κ3) is 4.19. The van der Waals surface area contributed by atoms with E-state index in [9.17, 15) is 4.79 Å². The second-order valence-electron chi connectivity index (χ2n) is 6.63. The quantitative estimate of drug-likeness (QED) is 0.840. The highest BCUT2D eigenvalue weighted by Crippen LogP contribution is 2.32. The van der Waals surface area contributed by atoms with Crippen LogP contribution in [-0.2, 0) is 9.53 Å². The SMILES string of the molecule is CC(C)OCCN(C)C(=O)C1CCC2CCCCC2N1. The van der Waals surface area contributed by atoms with Crippen molar-refractivity contribution in [3.8, 4) is 0 Å². The number of carbonyl (C=O) groups is 1. The molecule has 0 bridgehead atoms. The molecule has 1 heterocycles. The minimum atomic E-state index is 0.0263. The fraction of sp³-hybridized carbons (Fsp3) is 0.938. The molecule has 1 amide bonds. The van der Waals surface area contributed by atoms with Gasteiger partial charge in [-0.1, -0.05) is 12.8 Å². The van der Waals surface area contributed by atoms with Crippen LogP contribution in [-0.4, -0.2) is 49.2 Å². The molecule has 3 atom stereocenters. The summed E-state index contributed by atoms with van der Waals surface area (Å²) < 4.78 is 5.52. The predicted molar refractivity (Wildman–Crippen MR) is 80.6 cm³/mol. The number of ether oxygens (including phenoxy) is 1. The van der Waals surface area contributed by atoms with E-state index in [1.54, 1.807) is 0 Å². The van der Waals surface area contributed by atoms with Gasteiger partial charge in [-0.15, -0.1) is 0 Å². The Morgan fingerprint density at radius 2 is 2.00 bits per heavy atom. The van der Waals surface area contributed by atoms with E-state index in [1.807, 2.05) is 25.8 Å². The summed E-state index contributed by atoms with van der Waals surface area (Å²) in [5, 5.41) is 3.60. The summed E-state index contributed by atoms with van der Waals surface area (Å²) in [7, 11) is 1.89. The smallest absolute Gasteiger partial charge is 0.239 e. The van der Waals surface area contributed by atoms with Crippen LogP contribution < -0.4 is 5.32 Å². The Morgan fingerprint density at radius 3 is 2.75 bits per heavy atom. The topological polar surface area (TPSA) is 41.6 Å². The Labute approximate surface area is 123 Å². The maximum Gasteiger partial charge on any atom is 0.239 e. The monoisotopic (exact) mass is 282 g/mol. The average Bonchev–Trinajstić information content (AvgIpc) is 2.45. The summed E-state index contributed by atoms with van der Waals surface area (Å²) in [5.41, 5.74) is 0. The van der Waals surface area contributed by atoms with Gasteiger partial charge in [0.2, 0.25) is 5.91 Å². The molecule has 2 fully saturated rings. The van der Waals surface area contributed by atoms with Crippen molar-refractivity contribution in [2.24, 2.45) is 5.92 Å². The minimum Gasteiger partial charge on any atom is -0.377 e. The second-order valence-corrected chi connectivity index (χ2v) is 6.63. The van der Waals surface area contributed by atoms with Crippen LogP contribution in [0.2, 0.25) is 0 Å². The molecule has 0 radical (unpaired) electrons. The Kier molecular flexibility index (Phi) is 5.85. The molecule has 1 aliphatic heterocycles. The van der Waals surface area contributed by atoms with E-state index in [-0.39, 0.29) is 18.1 Å². The van der Waals surface area contributed by atoms with E-state index in [0.29, 0.717) is 19.2 Å². The maximum absolute atomic E-state index is 12.5. The highest BCUT2D eigenvalue weighted by atomic mass is 16.5.